The number of aromatic hydroxyl groups is 2. The van der Waals surface area contributed by atoms with Crippen molar-refractivity contribution in [3.8, 4) is 11.5 Å². The number of nitrogens with zero attached hydrogens (tertiary/aromatic N) is 2. The lowest BCUT2D eigenvalue weighted by Gasteiger charge is -2.27. The molecule has 35 heavy (non-hydrogen) atoms. The number of amides is 1. The van der Waals surface area contributed by atoms with E-state index >= 15 is 0 Å². The van der Waals surface area contributed by atoms with Gasteiger partial charge in [-0.3, -0.25) is 9.79 Å². The largest absolute Gasteiger partial charge is 0.507 e. The predicted octanol–water partition coefficient (Wildman–Crippen LogP) is 3.09. The van der Waals surface area contributed by atoms with Crippen LogP contribution in [0.25, 0.3) is 23.4 Å². The summed E-state index contributed by atoms with van der Waals surface area (Å²) >= 11 is 2.76. The minimum Gasteiger partial charge on any atom is -0.507 e. The number of benzene rings is 2. The van der Waals surface area contributed by atoms with Crippen LogP contribution in [0.15, 0.2) is 23.2 Å². The molecule has 0 saturated heterocycles. The summed E-state index contributed by atoms with van der Waals surface area (Å²) in [7, 11) is 0. The molecule has 182 valence electrons. The highest BCUT2D eigenvalue weighted by Gasteiger charge is 2.30. The molecule has 1 aromatic heterocycles. The van der Waals surface area contributed by atoms with Crippen molar-refractivity contribution in [2.75, 3.05) is 11.1 Å². The molecule has 4 N–H and O–H groups in total. The molecule has 0 radical (unpaired) electrons. The molecule has 3 aromatic rings. The summed E-state index contributed by atoms with van der Waals surface area (Å²) in [5.74, 6) is -0.949. The number of hydrogen-bond acceptors (Lipinski definition) is 8. The van der Waals surface area contributed by atoms with Crippen LogP contribution < -0.4 is 15.8 Å². The van der Waals surface area contributed by atoms with E-state index in [0.717, 1.165) is 10.2 Å². The standard InChI is InChI=1S/C25H25N3O5S2/c1-11-12(2)21(31)19(13(3)20(11)30)25(4,5)9-18(29)26-14-6-7-15-17(8-14)35-23(27-15)22-28-16(10-34-22)24(32)33/h6-8,16,30-31H,2-3,9-10H2,1,4-5H3,(H,26,29)(H,32,33). The average Bonchev–Trinajstić information content (AvgIpc) is 3.42. The van der Waals surface area contributed by atoms with Gasteiger partial charge in [0.05, 0.1) is 10.2 Å². The molecule has 0 fully saturated rings. The van der Waals surface area contributed by atoms with Crippen molar-refractivity contribution >= 4 is 69.1 Å². The molecule has 4 rings (SSSR count). The highest BCUT2D eigenvalue weighted by molar-refractivity contribution is 8.15. The first-order valence-electron chi connectivity index (χ1n) is 10.8. The molecule has 1 aliphatic rings. The number of thiazole rings is 1. The van der Waals surface area contributed by atoms with Gasteiger partial charge in [-0.15, -0.1) is 23.1 Å². The number of aliphatic carboxylic acids is 1. The summed E-state index contributed by atoms with van der Waals surface area (Å²) in [5, 5.41) is 35.0. The van der Waals surface area contributed by atoms with E-state index in [1.165, 1.54) is 23.1 Å². The molecule has 0 spiro atoms. The fourth-order valence-electron chi connectivity index (χ4n) is 4.09. The Morgan fingerprint density at radius 2 is 1.91 bits per heavy atom. The lowest BCUT2D eigenvalue weighted by atomic mass is 9.78. The number of phenols is 2. The zero-order valence-electron chi connectivity index (χ0n) is 19.5. The summed E-state index contributed by atoms with van der Waals surface area (Å²) in [6, 6.07) is 4.59. The van der Waals surface area contributed by atoms with Crippen molar-refractivity contribution in [1.29, 1.82) is 0 Å². The van der Waals surface area contributed by atoms with E-state index in [1.807, 2.05) is 6.07 Å². The van der Waals surface area contributed by atoms with Crippen molar-refractivity contribution < 1.29 is 24.9 Å². The van der Waals surface area contributed by atoms with Gasteiger partial charge in [0, 0.05) is 44.8 Å². The molecule has 10 heteroatoms. The first-order chi connectivity index (χ1) is 16.4. The Labute approximate surface area is 209 Å². The number of nitrogens with one attached hydrogen (secondary N) is 1. The zero-order chi connectivity index (χ0) is 25.7. The van der Waals surface area contributed by atoms with Crippen LogP contribution >= 0.6 is 23.1 Å². The molecule has 0 aliphatic carbocycles. The van der Waals surface area contributed by atoms with Gasteiger partial charge >= 0.3 is 5.97 Å². The average molecular weight is 512 g/mol. The number of aliphatic imine (C=N–C) groups is 1. The van der Waals surface area contributed by atoms with E-state index in [-0.39, 0.29) is 29.0 Å². The molecule has 2 heterocycles. The summed E-state index contributed by atoms with van der Waals surface area (Å²) in [6.45, 7) is 13.0. The van der Waals surface area contributed by atoms with Crippen LogP contribution in [0.3, 0.4) is 0 Å². The molecular weight excluding hydrogens is 486 g/mol. The monoisotopic (exact) mass is 511 g/mol. The van der Waals surface area contributed by atoms with Gasteiger partial charge in [0.1, 0.15) is 21.6 Å². The number of carbonyl (C=O) groups is 2. The van der Waals surface area contributed by atoms with Crippen LogP contribution in [0.5, 0.6) is 11.5 Å². The second kappa shape index (κ2) is 9.01. The molecule has 0 bridgehead atoms. The predicted molar refractivity (Wildman–Crippen MR) is 141 cm³/mol. The van der Waals surface area contributed by atoms with Gasteiger partial charge in [0.25, 0.3) is 0 Å². The number of phenolic OH excluding ortho intramolecular Hbond substituents is 2. The van der Waals surface area contributed by atoms with Gasteiger partial charge in [0.2, 0.25) is 5.91 Å². The van der Waals surface area contributed by atoms with Gasteiger partial charge in [0.15, 0.2) is 6.04 Å². The van der Waals surface area contributed by atoms with Crippen molar-refractivity contribution in [3.05, 3.63) is 44.8 Å². The van der Waals surface area contributed by atoms with E-state index in [2.05, 4.69) is 28.5 Å². The number of hydrogen-bond donors (Lipinski definition) is 4. The number of fused-ring (bicyclic) bond motifs is 1. The van der Waals surface area contributed by atoms with E-state index < -0.39 is 17.4 Å². The van der Waals surface area contributed by atoms with Crippen LogP contribution in [0.4, 0.5) is 5.69 Å². The third-order valence-corrected chi connectivity index (χ3v) is 8.20. The smallest absolute Gasteiger partial charge is 0.329 e. The molecule has 1 atom stereocenters. The Bertz CT molecular complexity index is 1510. The Hall–Kier alpha value is -3.37. The Morgan fingerprint density at radius 1 is 1.20 bits per heavy atom. The van der Waals surface area contributed by atoms with Crippen LogP contribution in [0, 0.1) is 6.92 Å². The first-order valence-corrected chi connectivity index (χ1v) is 12.6. The zero-order valence-corrected chi connectivity index (χ0v) is 21.1. The molecule has 1 unspecified atom stereocenters. The first kappa shape index (κ1) is 24.7. The van der Waals surface area contributed by atoms with E-state index in [0.29, 0.717) is 37.8 Å². The number of rotatable bonds is 6. The minimum atomic E-state index is -0.951. The van der Waals surface area contributed by atoms with Gasteiger partial charge in [-0.2, -0.15) is 0 Å². The number of aromatic nitrogens is 1. The van der Waals surface area contributed by atoms with Crippen molar-refractivity contribution in [1.82, 2.24) is 4.98 Å². The number of carbonyl (C=O) groups excluding carboxylic acids is 1. The Balaban J connectivity index is 1.55. The van der Waals surface area contributed by atoms with Crippen LogP contribution in [0.1, 0.15) is 36.4 Å². The van der Waals surface area contributed by atoms with Crippen LogP contribution in [-0.2, 0) is 15.0 Å². The van der Waals surface area contributed by atoms with Crippen molar-refractivity contribution in [3.63, 3.8) is 0 Å². The molecule has 1 amide bonds. The van der Waals surface area contributed by atoms with Crippen molar-refractivity contribution in [2.24, 2.45) is 4.99 Å². The van der Waals surface area contributed by atoms with Gasteiger partial charge in [-0.1, -0.05) is 27.0 Å². The van der Waals surface area contributed by atoms with Crippen LogP contribution in [0.2, 0.25) is 0 Å². The minimum absolute atomic E-state index is 0.0288. The highest BCUT2D eigenvalue weighted by Crippen LogP contribution is 2.33. The maximum Gasteiger partial charge on any atom is 0.329 e. The van der Waals surface area contributed by atoms with E-state index in [9.17, 15) is 19.8 Å². The van der Waals surface area contributed by atoms with Gasteiger partial charge in [-0.05, 0) is 25.1 Å². The highest BCUT2D eigenvalue weighted by atomic mass is 32.2. The lowest BCUT2D eigenvalue weighted by Crippen LogP contribution is -2.33. The maximum atomic E-state index is 12.9. The quantitative estimate of drug-likeness (QED) is 0.374. The Kier molecular flexibility index (Phi) is 6.37. The molecular formula is C25H25N3O5S2. The maximum absolute atomic E-state index is 12.9. The molecule has 0 saturated carbocycles. The topological polar surface area (TPSA) is 132 Å². The normalized spacial score (nSPS) is 15.9. The third-order valence-electron chi connectivity index (χ3n) is 5.99. The number of carboxylic acids is 1. The lowest BCUT2D eigenvalue weighted by molar-refractivity contribution is -0.137. The van der Waals surface area contributed by atoms with Gasteiger partial charge in [-0.25, -0.2) is 9.78 Å². The van der Waals surface area contributed by atoms with Crippen LogP contribution in [-0.4, -0.2) is 49.0 Å². The summed E-state index contributed by atoms with van der Waals surface area (Å²) in [4.78, 5) is 32.9. The summed E-state index contributed by atoms with van der Waals surface area (Å²) in [5.41, 5.74) is 1.33. The molecule has 2 aromatic carbocycles. The second-order valence-electron chi connectivity index (χ2n) is 9.06. The van der Waals surface area contributed by atoms with Crippen molar-refractivity contribution in [2.45, 2.75) is 38.6 Å². The van der Waals surface area contributed by atoms with Gasteiger partial charge < -0.3 is 20.6 Å². The van der Waals surface area contributed by atoms with E-state index in [1.54, 1.807) is 32.9 Å². The summed E-state index contributed by atoms with van der Waals surface area (Å²) < 4.78 is 0.835. The summed E-state index contributed by atoms with van der Waals surface area (Å²) in [6.07, 6.45) is 0.0288. The third kappa shape index (κ3) is 4.63. The number of thioether (sulfide) groups is 1. The second-order valence-corrected chi connectivity index (χ2v) is 11.1. The fraction of sp³-hybridized carbons (Fsp3) is 0.280. The SMILES string of the molecule is C=c1c(C)c(O)c(=C)c(C(C)(C)CC(=O)Nc2ccc3nc(C4=NC(C(=O)O)CS4)sc3c2)c1O. The number of anilines is 1. The molecule has 1 aliphatic heterocycles. The van der Waals surface area contributed by atoms with E-state index in [4.69, 9.17) is 5.11 Å². The molecule has 8 nitrogen and oxygen atoms in total. The number of carboxylic acid groups (broad SMARTS) is 1. The fourth-order valence-corrected chi connectivity index (χ4v) is 6.20. The Morgan fingerprint density at radius 3 is 2.57 bits per heavy atom.